The molecule has 0 saturated carbocycles. The summed E-state index contributed by atoms with van der Waals surface area (Å²) >= 11 is 0. The van der Waals surface area contributed by atoms with Crippen LogP contribution in [0.1, 0.15) is 73.6 Å². The molecule has 0 bridgehead atoms. The normalized spacial score (nSPS) is 18.8. The first-order chi connectivity index (χ1) is 16.4. The van der Waals surface area contributed by atoms with Crippen LogP contribution in [-0.2, 0) is 19.1 Å². The molecule has 0 aliphatic rings. The third-order valence-corrected chi connectivity index (χ3v) is 6.24. The number of halogens is 5. The van der Waals surface area contributed by atoms with Gasteiger partial charge in [0.2, 0.25) is 0 Å². The van der Waals surface area contributed by atoms with Gasteiger partial charge in [-0.2, -0.15) is 18.4 Å². The predicted octanol–water partition coefficient (Wildman–Crippen LogP) is 4.77. The second-order valence-corrected chi connectivity index (χ2v) is 10.1. The summed E-state index contributed by atoms with van der Waals surface area (Å²) in [5.41, 5.74) is -5.00. The first kappa shape index (κ1) is 34.0. The molecule has 0 aromatic carbocycles. The number of nitrogens with zero attached hydrogens (tertiary/aromatic N) is 1. The van der Waals surface area contributed by atoms with Gasteiger partial charge in [0.1, 0.15) is 18.3 Å². The minimum atomic E-state index is -4.41. The monoisotopic (exact) mass is 530 g/mol. The van der Waals surface area contributed by atoms with E-state index in [2.05, 4.69) is 11.4 Å². The summed E-state index contributed by atoms with van der Waals surface area (Å²) in [7, 11) is 0. The van der Waals surface area contributed by atoms with Gasteiger partial charge in [0.15, 0.2) is 0 Å². The summed E-state index contributed by atoms with van der Waals surface area (Å²) in [6, 6.07) is 2.10. The topological polar surface area (TPSA) is 109 Å². The van der Waals surface area contributed by atoms with Gasteiger partial charge in [0.25, 0.3) is 6.43 Å². The van der Waals surface area contributed by atoms with Gasteiger partial charge in [-0.05, 0) is 53.4 Å². The van der Waals surface area contributed by atoms with Crippen molar-refractivity contribution in [3.05, 3.63) is 0 Å². The van der Waals surface area contributed by atoms with Gasteiger partial charge in [-0.15, -0.1) is 0 Å². The molecule has 0 amide bonds. The lowest BCUT2D eigenvalue weighted by Gasteiger charge is -2.38. The quantitative estimate of drug-likeness (QED) is 0.168. The minimum Gasteiger partial charge on any atom is -0.464 e. The molecular weight excluding hydrogens is 491 g/mol. The Labute approximate surface area is 209 Å². The van der Waals surface area contributed by atoms with Crippen LogP contribution in [0, 0.1) is 28.1 Å². The third kappa shape index (κ3) is 11.4. The Morgan fingerprint density at radius 1 is 1.06 bits per heavy atom. The smallest absolute Gasteiger partial charge is 0.401 e. The van der Waals surface area contributed by atoms with Crippen molar-refractivity contribution in [1.29, 1.82) is 5.26 Å². The largest absolute Gasteiger partial charge is 0.464 e. The lowest BCUT2D eigenvalue weighted by molar-refractivity contribution is -0.171. The minimum absolute atomic E-state index is 0.0350. The third-order valence-electron chi connectivity index (χ3n) is 6.24. The predicted molar refractivity (Wildman–Crippen MR) is 122 cm³/mol. The standard InChI is InChI=1S/C24H39F5N2O5/c1-7-17(13-30)12-22(5,19(32)35-10-9-31-15-24(27,28)29)14-21(4,8-2)20(33)36-16(3)11-23(6,34)18(25)26/h16-18,31,34H,7-12,14-15H2,1-6H3. The molecule has 0 aliphatic heterocycles. The van der Waals surface area contributed by atoms with Crippen molar-refractivity contribution >= 4 is 11.9 Å². The molecule has 5 unspecified atom stereocenters. The summed E-state index contributed by atoms with van der Waals surface area (Å²) < 4.78 is 73.4. The molecule has 210 valence electrons. The lowest BCUT2D eigenvalue weighted by Crippen LogP contribution is -2.43. The molecular formula is C24H39F5N2O5. The highest BCUT2D eigenvalue weighted by molar-refractivity contribution is 5.80. The van der Waals surface area contributed by atoms with E-state index in [0.29, 0.717) is 6.42 Å². The summed E-state index contributed by atoms with van der Waals surface area (Å²) in [4.78, 5) is 26.1. The fourth-order valence-corrected chi connectivity index (χ4v) is 3.91. The van der Waals surface area contributed by atoms with E-state index in [0.717, 1.165) is 6.92 Å². The second kappa shape index (κ2) is 14.1. The van der Waals surface area contributed by atoms with Crippen LogP contribution >= 0.6 is 0 Å². The zero-order chi connectivity index (χ0) is 28.4. The Bertz CT molecular complexity index is 756. The van der Waals surface area contributed by atoms with Gasteiger partial charge in [0.05, 0.1) is 23.4 Å². The first-order valence-electron chi connectivity index (χ1n) is 11.9. The Kier molecular flexibility index (Phi) is 13.3. The molecule has 0 radical (unpaired) electrons. The van der Waals surface area contributed by atoms with Crippen LogP contribution in [-0.4, -0.2) is 61.0 Å². The summed E-state index contributed by atoms with van der Waals surface area (Å²) in [6.07, 6.45) is -8.48. The Morgan fingerprint density at radius 2 is 1.64 bits per heavy atom. The number of carbonyl (C=O) groups excluding carboxylic acids is 2. The van der Waals surface area contributed by atoms with E-state index in [9.17, 15) is 41.9 Å². The maximum absolute atomic E-state index is 13.1. The fourth-order valence-electron chi connectivity index (χ4n) is 3.91. The fraction of sp³-hybridized carbons (Fsp3) is 0.875. The van der Waals surface area contributed by atoms with Gasteiger partial charge in [-0.1, -0.05) is 13.8 Å². The molecule has 0 aromatic rings. The maximum Gasteiger partial charge on any atom is 0.401 e. The number of aliphatic hydroxyl groups is 1. The molecule has 0 rings (SSSR count). The van der Waals surface area contributed by atoms with E-state index in [1.807, 2.05) is 0 Å². The molecule has 36 heavy (non-hydrogen) atoms. The van der Waals surface area contributed by atoms with Crippen molar-refractivity contribution in [3.63, 3.8) is 0 Å². The van der Waals surface area contributed by atoms with Crippen LogP contribution in [0.15, 0.2) is 0 Å². The molecule has 2 N–H and O–H groups in total. The van der Waals surface area contributed by atoms with Gasteiger partial charge < -0.3 is 19.9 Å². The number of nitriles is 1. The Morgan fingerprint density at radius 3 is 2.08 bits per heavy atom. The van der Waals surface area contributed by atoms with Gasteiger partial charge in [-0.25, -0.2) is 8.78 Å². The van der Waals surface area contributed by atoms with Crippen molar-refractivity contribution in [2.24, 2.45) is 16.7 Å². The highest BCUT2D eigenvalue weighted by Gasteiger charge is 2.47. The number of esters is 2. The van der Waals surface area contributed by atoms with Crippen LogP contribution in [0.25, 0.3) is 0 Å². The average molecular weight is 531 g/mol. The molecule has 0 heterocycles. The van der Waals surface area contributed by atoms with E-state index >= 15 is 0 Å². The Balaban J connectivity index is 5.59. The van der Waals surface area contributed by atoms with E-state index in [1.165, 1.54) is 20.8 Å². The highest BCUT2D eigenvalue weighted by Crippen LogP contribution is 2.43. The molecule has 0 spiro atoms. The van der Waals surface area contributed by atoms with Crippen LogP contribution in [0.3, 0.4) is 0 Å². The number of carbonyl (C=O) groups is 2. The van der Waals surface area contributed by atoms with E-state index < -0.39 is 66.0 Å². The number of nitrogens with one attached hydrogen (secondary N) is 1. The number of alkyl halides is 5. The second-order valence-electron chi connectivity index (χ2n) is 10.1. The van der Waals surface area contributed by atoms with Gasteiger partial charge >= 0.3 is 18.1 Å². The van der Waals surface area contributed by atoms with Crippen molar-refractivity contribution in [1.82, 2.24) is 5.32 Å². The van der Waals surface area contributed by atoms with Crippen LogP contribution < -0.4 is 5.32 Å². The summed E-state index contributed by atoms with van der Waals surface area (Å²) in [5, 5.41) is 21.4. The average Bonchev–Trinajstić information content (AvgIpc) is 2.75. The van der Waals surface area contributed by atoms with Crippen LogP contribution in [0.5, 0.6) is 0 Å². The molecule has 5 atom stereocenters. The zero-order valence-electron chi connectivity index (χ0n) is 21.8. The molecule has 0 saturated heterocycles. The Hall–Kier alpha value is -2.00. The van der Waals surface area contributed by atoms with Gasteiger partial charge in [0, 0.05) is 18.9 Å². The SMILES string of the molecule is CCC(C#N)CC(C)(CC(C)(CC)C(=O)OC(C)CC(C)(O)C(F)F)C(=O)OCCNCC(F)(F)F. The number of hydrogen-bond donors (Lipinski definition) is 2. The molecule has 12 heteroatoms. The molecule has 0 aromatic heterocycles. The number of hydrogen-bond acceptors (Lipinski definition) is 7. The lowest BCUT2D eigenvalue weighted by atomic mass is 9.67. The maximum atomic E-state index is 13.1. The first-order valence-corrected chi connectivity index (χ1v) is 11.9. The van der Waals surface area contributed by atoms with Gasteiger partial charge in [-0.3, -0.25) is 9.59 Å². The highest BCUT2D eigenvalue weighted by atomic mass is 19.4. The van der Waals surface area contributed by atoms with E-state index in [4.69, 9.17) is 9.47 Å². The van der Waals surface area contributed by atoms with E-state index in [1.54, 1.807) is 13.8 Å². The van der Waals surface area contributed by atoms with Crippen molar-refractivity contribution in [2.75, 3.05) is 19.7 Å². The molecule has 7 nitrogen and oxygen atoms in total. The van der Waals surface area contributed by atoms with Crippen molar-refractivity contribution < 1.29 is 46.1 Å². The molecule has 0 aliphatic carbocycles. The van der Waals surface area contributed by atoms with Crippen LogP contribution in [0.4, 0.5) is 22.0 Å². The number of ether oxygens (including phenoxy) is 2. The zero-order valence-corrected chi connectivity index (χ0v) is 21.8. The molecule has 0 fully saturated rings. The summed E-state index contributed by atoms with van der Waals surface area (Å²) in [6.45, 7) is 6.96. The van der Waals surface area contributed by atoms with Crippen LogP contribution in [0.2, 0.25) is 0 Å². The van der Waals surface area contributed by atoms with Crippen molar-refractivity contribution in [3.8, 4) is 6.07 Å². The number of rotatable bonds is 16. The summed E-state index contributed by atoms with van der Waals surface area (Å²) in [5.74, 6) is -2.09. The van der Waals surface area contributed by atoms with E-state index in [-0.39, 0.29) is 32.4 Å². The van der Waals surface area contributed by atoms with Crippen molar-refractivity contribution in [2.45, 2.75) is 98.0 Å².